The van der Waals surface area contributed by atoms with Crippen LogP contribution < -0.4 is 0 Å². The highest BCUT2D eigenvalue weighted by Gasteiger charge is 2.34. The minimum Gasteiger partial charge on any atom is -0.304 e. The third kappa shape index (κ3) is 4.70. The molecule has 2 saturated heterocycles. The molecule has 0 saturated carbocycles. The number of nitrogens with zero attached hydrogens (tertiary/aromatic N) is 6. The van der Waals surface area contributed by atoms with Crippen LogP contribution in [0.2, 0.25) is 0 Å². The van der Waals surface area contributed by atoms with Crippen LogP contribution in [0.15, 0.2) is 42.7 Å². The van der Waals surface area contributed by atoms with Gasteiger partial charge < -0.3 is 14.2 Å². The molecule has 176 valence electrons. The molecule has 2 atom stereocenters. The monoisotopic (exact) mass is 446 g/mol. The Bertz CT molecular complexity index is 1070. The Kier molecular flexibility index (Phi) is 6.76. The van der Waals surface area contributed by atoms with Crippen LogP contribution in [0.3, 0.4) is 0 Å². The van der Waals surface area contributed by atoms with Crippen molar-refractivity contribution in [3.8, 4) is 0 Å². The molecule has 6 nitrogen and oxygen atoms in total. The van der Waals surface area contributed by atoms with Crippen LogP contribution in [0.4, 0.5) is 0 Å². The molecule has 3 aromatic heterocycles. The van der Waals surface area contributed by atoms with Gasteiger partial charge in [-0.2, -0.15) is 0 Å². The molecule has 0 N–H and O–H groups in total. The number of fused-ring (bicyclic) bond motifs is 1. The van der Waals surface area contributed by atoms with Crippen LogP contribution in [-0.4, -0.2) is 75.9 Å². The van der Waals surface area contributed by atoms with E-state index in [4.69, 9.17) is 9.97 Å². The smallest absolute Gasteiger partial charge is 0.137 e. The molecular formula is C27H38N6. The number of hydrogen-bond donors (Lipinski definition) is 0. The number of pyridine rings is 2. The highest BCUT2D eigenvalue weighted by Crippen LogP contribution is 2.41. The molecule has 2 fully saturated rings. The van der Waals surface area contributed by atoms with Gasteiger partial charge in [-0.1, -0.05) is 12.1 Å². The van der Waals surface area contributed by atoms with Crippen molar-refractivity contribution in [1.82, 2.24) is 29.1 Å². The maximum Gasteiger partial charge on any atom is 0.137 e. The Morgan fingerprint density at radius 2 is 1.73 bits per heavy atom. The topological polar surface area (TPSA) is 39.9 Å². The fourth-order valence-corrected chi connectivity index (χ4v) is 5.76. The maximum atomic E-state index is 5.19. The molecule has 5 heterocycles. The second kappa shape index (κ2) is 9.92. The molecule has 0 radical (unpaired) electrons. The van der Waals surface area contributed by atoms with E-state index in [1.54, 1.807) is 0 Å². The second-order valence-electron chi connectivity index (χ2n) is 9.95. The van der Waals surface area contributed by atoms with Crippen LogP contribution in [0.1, 0.15) is 60.4 Å². The standard InChI is InChI=1S/C27H38N6/c1-21-9-7-14-28-26(21)22-10-6-11-23(31(22)3)27-24(33-16-5-4-13-25(33)29-27)12-8-15-32-19-17-30(2)18-20-32/h4-5,7,9,13-14,16,22-23H,6,8,10-12,15,17-20H2,1-3H3/t22-,23?/m1/s1. The number of piperazine rings is 1. The van der Waals surface area contributed by atoms with Crippen LogP contribution in [-0.2, 0) is 6.42 Å². The normalized spacial score (nSPS) is 23.4. The summed E-state index contributed by atoms with van der Waals surface area (Å²) < 4.78 is 2.34. The Morgan fingerprint density at radius 3 is 2.52 bits per heavy atom. The molecule has 2 aliphatic rings. The van der Waals surface area contributed by atoms with E-state index in [1.165, 1.54) is 68.2 Å². The molecule has 0 aromatic carbocycles. The van der Waals surface area contributed by atoms with Crippen molar-refractivity contribution in [3.05, 3.63) is 65.4 Å². The lowest BCUT2D eigenvalue weighted by Gasteiger charge is -2.39. The SMILES string of the molecule is Cc1cccnc1[C@H]1CCCC(c2nc3ccccn3c2CCCN2CCN(C)CC2)N1C. The molecule has 3 aromatic rings. The van der Waals surface area contributed by atoms with Gasteiger partial charge in [0, 0.05) is 44.3 Å². The first-order chi connectivity index (χ1) is 16.1. The number of aromatic nitrogens is 3. The Labute approximate surface area is 198 Å². The summed E-state index contributed by atoms with van der Waals surface area (Å²) >= 11 is 0. The summed E-state index contributed by atoms with van der Waals surface area (Å²) in [4.78, 5) is 17.6. The van der Waals surface area contributed by atoms with Gasteiger partial charge in [-0.3, -0.25) is 9.88 Å². The Morgan fingerprint density at radius 1 is 0.939 bits per heavy atom. The van der Waals surface area contributed by atoms with Gasteiger partial charge in [-0.05, 0) is 83.4 Å². The largest absolute Gasteiger partial charge is 0.304 e. The van der Waals surface area contributed by atoms with Gasteiger partial charge in [0.05, 0.1) is 23.5 Å². The van der Waals surface area contributed by atoms with E-state index in [0.717, 1.165) is 24.9 Å². The van der Waals surface area contributed by atoms with Gasteiger partial charge in [0.15, 0.2) is 0 Å². The molecule has 2 aliphatic heterocycles. The summed E-state index contributed by atoms with van der Waals surface area (Å²) in [5, 5.41) is 0. The van der Waals surface area contributed by atoms with Crippen LogP contribution in [0, 0.1) is 6.92 Å². The number of likely N-dealkylation sites (tertiary alicyclic amines) is 1. The molecule has 0 aliphatic carbocycles. The first-order valence-corrected chi connectivity index (χ1v) is 12.6. The van der Waals surface area contributed by atoms with Crippen molar-refractivity contribution in [1.29, 1.82) is 0 Å². The zero-order chi connectivity index (χ0) is 22.8. The minimum atomic E-state index is 0.337. The summed E-state index contributed by atoms with van der Waals surface area (Å²) in [6.45, 7) is 8.10. The molecule has 0 bridgehead atoms. The van der Waals surface area contributed by atoms with E-state index in [1.807, 2.05) is 12.3 Å². The summed E-state index contributed by atoms with van der Waals surface area (Å²) in [7, 11) is 4.50. The summed E-state index contributed by atoms with van der Waals surface area (Å²) in [5.41, 5.74) is 6.27. The zero-order valence-electron chi connectivity index (χ0n) is 20.5. The first-order valence-electron chi connectivity index (χ1n) is 12.6. The number of imidazole rings is 1. The van der Waals surface area contributed by atoms with Crippen molar-refractivity contribution in [2.75, 3.05) is 46.8 Å². The van der Waals surface area contributed by atoms with Gasteiger partial charge in [0.2, 0.25) is 0 Å². The van der Waals surface area contributed by atoms with E-state index < -0.39 is 0 Å². The van der Waals surface area contributed by atoms with Crippen molar-refractivity contribution in [3.63, 3.8) is 0 Å². The molecule has 33 heavy (non-hydrogen) atoms. The van der Waals surface area contributed by atoms with Crippen molar-refractivity contribution >= 4 is 5.65 Å². The van der Waals surface area contributed by atoms with Gasteiger partial charge in [0.1, 0.15) is 5.65 Å². The minimum absolute atomic E-state index is 0.337. The molecule has 5 rings (SSSR count). The fourth-order valence-electron chi connectivity index (χ4n) is 5.76. The van der Waals surface area contributed by atoms with Gasteiger partial charge in [0.25, 0.3) is 0 Å². The van der Waals surface area contributed by atoms with Gasteiger partial charge in [-0.25, -0.2) is 4.98 Å². The second-order valence-corrected chi connectivity index (χ2v) is 9.95. The average molecular weight is 447 g/mol. The van der Waals surface area contributed by atoms with Crippen molar-refractivity contribution in [2.45, 2.75) is 51.1 Å². The predicted octanol–water partition coefficient (Wildman–Crippen LogP) is 4.12. The first kappa shape index (κ1) is 22.5. The molecule has 6 heteroatoms. The van der Waals surface area contributed by atoms with Crippen LogP contribution >= 0.6 is 0 Å². The van der Waals surface area contributed by atoms with Crippen LogP contribution in [0.25, 0.3) is 5.65 Å². The third-order valence-corrected chi connectivity index (χ3v) is 7.76. The summed E-state index contributed by atoms with van der Waals surface area (Å²) in [6, 6.07) is 11.3. The number of likely N-dealkylation sites (N-methyl/N-ethyl adjacent to an activating group) is 1. The van der Waals surface area contributed by atoms with Gasteiger partial charge in [-0.15, -0.1) is 0 Å². The number of piperidine rings is 1. The fraction of sp³-hybridized carbons (Fsp3) is 0.556. The van der Waals surface area contributed by atoms with Crippen molar-refractivity contribution < 1.29 is 0 Å². The quantitative estimate of drug-likeness (QED) is 0.570. The molecule has 0 amide bonds. The Balaban J connectivity index is 1.38. The summed E-state index contributed by atoms with van der Waals surface area (Å²) in [6.07, 6.45) is 9.92. The maximum absolute atomic E-state index is 5.19. The number of aryl methyl sites for hydroxylation is 2. The van der Waals surface area contributed by atoms with E-state index in [9.17, 15) is 0 Å². The van der Waals surface area contributed by atoms with Crippen molar-refractivity contribution in [2.24, 2.45) is 0 Å². The number of rotatable bonds is 6. The zero-order valence-corrected chi connectivity index (χ0v) is 20.5. The van der Waals surface area contributed by atoms with E-state index in [0.29, 0.717) is 12.1 Å². The third-order valence-electron chi connectivity index (χ3n) is 7.76. The highest BCUT2D eigenvalue weighted by molar-refractivity contribution is 5.44. The molecule has 1 unspecified atom stereocenters. The predicted molar refractivity (Wildman–Crippen MR) is 134 cm³/mol. The Hall–Kier alpha value is -2.28. The number of hydrogen-bond acceptors (Lipinski definition) is 5. The van der Waals surface area contributed by atoms with Crippen LogP contribution in [0.5, 0.6) is 0 Å². The lowest BCUT2D eigenvalue weighted by atomic mass is 9.90. The molecular weight excluding hydrogens is 408 g/mol. The van der Waals surface area contributed by atoms with Gasteiger partial charge >= 0.3 is 0 Å². The molecule has 0 spiro atoms. The van der Waals surface area contributed by atoms with E-state index in [-0.39, 0.29) is 0 Å². The lowest BCUT2D eigenvalue weighted by Crippen LogP contribution is -2.44. The highest BCUT2D eigenvalue weighted by atomic mass is 15.2. The summed E-state index contributed by atoms with van der Waals surface area (Å²) in [5.74, 6) is 0. The van der Waals surface area contributed by atoms with E-state index in [2.05, 4.69) is 70.6 Å². The van der Waals surface area contributed by atoms with E-state index >= 15 is 0 Å². The average Bonchev–Trinajstić information content (AvgIpc) is 3.19. The lowest BCUT2D eigenvalue weighted by molar-refractivity contribution is 0.108.